The molecule has 0 atom stereocenters. The number of nitrogens with zero attached hydrogens (tertiary/aromatic N) is 1. The van der Waals surface area contributed by atoms with Crippen LogP contribution >= 0.6 is 22.9 Å². The molecule has 30 heavy (non-hydrogen) atoms. The minimum absolute atomic E-state index is 0.118. The molecule has 4 rings (SSSR count). The summed E-state index contributed by atoms with van der Waals surface area (Å²) in [7, 11) is 0. The largest absolute Gasteiger partial charge is 0.331 e. The van der Waals surface area contributed by atoms with E-state index in [0.29, 0.717) is 10.6 Å². The molecule has 0 aliphatic heterocycles. The minimum atomic E-state index is -0.118. The quantitative estimate of drug-likeness (QED) is 0.343. The lowest BCUT2D eigenvalue weighted by Gasteiger charge is -2.07. The Bertz CT molecular complexity index is 1150. The predicted molar refractivity (Wildman–Crippen MR) is 126 cm³/mol. The van der Waals surface area contributed by atoms with Crippen molar-refractivity contribution >= 4 is 45.4 Å². The summed E-state index contributed by atoms with van der Waals surface area (Å²) in [6, 6.07) is 22.9. The Balaban J connectivity index is 1.42. The zero-order valence-electron chi connectivity index (χ0n) is 16.4. The Kier molecular flexibility index (Phi) is 6.12. The molecule has 0 saturated heterocycles. The third-order valence-corrected chi connectivity index (χ3v) is 5.64. The van der Waals surface area contributed by atoms with Crippen LogP contribution in [0.4, 0.5) is 16.5 Å². The first-order valence-corrected chi connectivity index (χ1v) is 10.9. The second-order valence-corrected chi connectivity index (χ2v) is 8.05. The number of carbonyl (C=O) groups is 1. The van der Waals surface area contributed by atoms with Gasteiger partial charge in [0.25, 0.3) is 5.91 Å². The van der Waals surface area contributed by atoms with Gasteiger partial charge in [0.15, 0.2) is 5.13 Å². The molecule has 2 N–H and O–H groups in total. The molecular formula is C24H20ClN3OS. The van der Waals surface area contributed by atoms with E-state index in [2.05, 4.69) is 22.5 Å². The van der Waals surface area contributed by atoms with Gasteiger partial charge in [-0.3, -0.25) is 4.79 Å². The molecule has 0 aliphatic carbocycles. The third kappa shape index (κ3) is 4.87. The van der Waals surface area contributed by atoms with Crippen molar-refractivity contribution in [1.29, 1.82) is 0 Å². The fraction of sp³-hybridized carbons (Fsp3) is 0.0833. The molecule has 6 heteroatoms. The first-order chi connectivity index (χ1) is 14.6. The van der Waals surface area contributed by atoms with Crippen LogP contribution in [-0.4, -0.2) is 10.9 Å². The maximum atomic E-state index is 12.4. The van der Waals surface area contributed by atoms with Crippen LogP contribution in [0.3, 0.4) is 0 Å². The van der Waals surface area contributed by atoms with Crippen LogP contribution in [0.1, 0.15) is 22.8 Å². The molecular weight excluding hydrogens is 414 g/mol. The Hall–Kier alpha value is -3.15. The van der Waals surface area contributed by atoms with Gasteiger partial charge in [-0.15, -0.1) is 11.3 Å². The molecule has 4 nitrogen and oxygen atoms in total. The minimum Gasteiger partial charge on any atom is -0.331 e. The highest BCUT2D eigenvalue weighted by atomic mass is 35.5. The van der Waals surface area contributed by atoms with E-state index in [-0.39, 0.29) is 5.91 Å². The highest BCUT2D eigenvalue weighted by Gasteiger charge is 2.08. The molecule has 3 aromatic carbocycles. The Labute approximate surface area is 184 Å². The van der Waals surface area contributed by atoms with E-state index in [9.17, 15) is 4.79 Å². The standard InChI is InChI=1S/C24H20ClN3OS/c1-2-16-6-8-18(9-7-16)23(29)26-20-12-10-17(11-13-20)22-15-30-24(28-22)27-21-5-3-4-19(25)14-21/h3-15H,2H2,1H3,(H,26,29)(H,27,28). The van der Waals surface area contributed by atoms with Gasteiger partial charge in [-0.2, -0.15) is 0 Å². The van der Waals surface area contributed by atoms with E-state index in [0.717, 1.165) is 34.2 Å². The van der Waals surface area contributed by atoms with Crippen molar-refractivity contribution < 1.29 is 4.79 Å². The first-order valence-electron chi connectivity index (χ1n) is 9.59. The second-order valence-electron chi connectivity index (χ2n) is 6.76. The lowest BCUT2D eigenvalue weighted by atomic mass is 10.1. The Morgan fingerprint density at radius 3 is 2.47 bits per heavy atom. The average Bonchev–Trinajstić information content (AvgIpc) is 3.23. The molecule has 0 bridgehead atoms. The van der Waals surface area contributed by atoms with Crippen LogP contribution < -0.4 is 10.6 Å². The molecule has 0 fully saturated rings. The number of anilines is 3. The number of nitrogens with one attached hydrogen (secondary N) is 2. The van der Waals surface area contributed by atoms with E-state index in [4.69, 9.17) is 11.6 Å². The first kappa shape index (κ1) is 20.1. The molecule has 0 saturated carbocycles. The molecule has 0 radical (unpaired) electrons. The van der Waals surface area contributed by atoms with Crippen molar-refractivity contribution in [3.8, 4) is 11.3 Å². The second kappa shape index (κ2) is 9.11. The predicted octanol–water partition coefficient (Wildman–Crippen LogP) is 7.02. The van der Waals surface area contributed by atoms with Gasteiger partial charge in [0.05, 0.1) is 5.69 Å². The maximum absolute atomic E-state index is 12.4. The summed E-state index contributed by atoms with van der Waals surface area (Å²) in [5, 5.41) is 9.66. The number of aromatic nitrogens is 1. The van der Waals surface area contributed by atoms with Gasteiger partial charge in [0, 0.05) is 32.9 Å². The number of thiazole rings is 1. The molecule has 0 aliphatic rings. The summed E-state index contributed by atoms with van der Waals surface area (Å²) in [4.78, 5) is 17.1. The van der Waals surface area contributed by atoms with Crippen LogP contribution in [0.15, 0.2) is 78.2 Å². The molecule has 1 heterocycles. The molecule has 0 unspecified atom stereocenters. The van der Waals surface area contributed by atoms with E-state index in [1.54, 1.807) is 0 Å². The number of hydrogen-bond acceptors (Lipinski definition) is 4. The van der Waals surface area contributed by atoms with E-state index < -0.39 is 0 Å². The number of aryl methyl sites for hydroxylation is 1. The van der Waals surface area contributed by atoms with E-state index >= 15 is 0 Å². The maximum Gasteiger partial charge on any atom is 0.255 e. The molecule has 1 amide bonds. The van der Waals surface area contributed by atoms with Gasteiger partial charge >= 0.3 is 0 Å². The van der Waals surface area contributed by atoms with Crippen molar-refractivity contribution in [2.24, 2.45) is 0 Å². The smallest absolute Gasteiger partial charge is 0.255 e. The van der Waals surface area contributed by atoms with Gasteiger partial charge in [0.1, 0.15) is 0 Å². The van der Waals surface area contributed by atoms with Crippen LogP contribution in [0.5, 0.6) is 0 Å². The fourth-order valence-electron chi connectivity index (χ4n) is 2.97. The summed E-state index contributed by atoms with van der Waals surface area (Å²) < 4.78 is 0. The van der Waals surface area contributed by atoms with Crippen molar-refractivity contribution in [1.82, 2.24) is 4.98 Å². The van der Waals surface area contributed by atoms with Crippen molar-refractivity contribution in [3.05, 3.63) is 94.3 Å². The van der Waals surface area contributed by atoms with Gasteiger partial charge in [-0.1, -0.05) is 48.9 Å². The van der Waals surface area contributed by atoms with Crippen LogP contribution in [-0.2, 0) is 6.42 Å². The lowest BCUT2D eigenvalue weighted by Crippen LogP contribution is -2.11. The number of halogens is 1. The van der Waals surface area contributed by atoms with Crippen molar-refractivity contribution in [2.45, 2.75) is 13.3 Å². The summed E-state index contributed by atoms with van der Waals surface area (Å²) in [6.07, 6.45) is 0.955. The van der Waals surface area contributed by atoms with Crippen LogP contribution in [0.25, 0.3) is 11.3 Å². The molecule has 0 spiro atoms. The van der Waals surface area contributed by atoms with Crippen molar-refractivity contribution in [3.63, 3.8) is 0 Å². The number of hydrogen-bond donors (Lipinski definition) is 2. The summed E-state index contributed by atoms with van der Waals surface area (Å²) >= 11 is 7.55. The van der Waals surface area contributed by atoms with E-state index in [1.165, 1.54) is 16.9 Å². The number of carbonyl (C=O) groups excluding carboxylic acids is 1. The lowest BCUT2D eigenvalue weighted by molar-refractivity contribution is 0.102. The SMILES string of the molecule is CCc1ccc(C(=O)Nc2ccc(-c3csc(Nc4cccc(Cl)c4)n3)cc2)cc1. The normalized spacial score (nSPS) is 10.6. The van der Waals surface area contributed by atoms with Crippen molar-refractivity contribution in [2.75, 3.05) is 10.6 Å². The monoisotopic (exact) mass is 433 g/mol. The van der Waals surface area contributed by atoms with Gasteiger partial charge in [-0.25, -0.2) is 4.98 Å². The van der Waals surface area contributed by atoms with Gasteiger partial charge in [-0.05, 0) is 54.4 Å². The fourth-order valence-corrected chi connectivity index (χ4v) is 3.90. The molecule has 4 aromatic rings. The highest BCUT2D eigenvalue weighted by Crippen LogP contribution is 2.28. The summed E-state index contributed by atoms with van der Waals surface area (Å²) in [5.74, 6) is -0.118. The highest BCUT2D eigenvalue weighted by molar-refractivity contribution is 7.14. The zero-order valence-corrected chi connectivity index (χ0v) is 17.9. The average molecular weight is 434 g/mol. The molecule has 150 valence electrons. The van der Waals surface area contributed by atoms with E-state index in [1.807, 2.05) is 78.2 Å². The third-order valence-electron chi connectivity index (χ3n) is 4.64. The van der Waals surface area contributed by atoms with Crippen LogP contribution in [0.2, 0.25) is 5.02 Å². The summed E-state index contributed by atoms with van der Waals surface area (Å²) in [6.45, 7) is 2.09. The Morgan fingerprint density at radius 1 is 1.00 bits per heavy atom. The van der Waals surface area contributed by atoms with Gasteiger partial charge < -0.3 is 10.6 Å². The number of benzene rings is 3. The summed E-state index contributed by atoms with van der Waals surface area (Å²) in [5.41, 5.74) is 5.36. The Morgan fingerprint density at radius 2 is 1.77 bits per heavy atom. The van der Waals surface area contributed by atoms with Crippen LogP contribution in [0, 0.1) is 0 Å². The number of amides is 1. The van der Waals surface area contributed by atoms with Gasteiger partial charge in [0.2, 0.25) is 0 Å². The molecule has 1 aromatic heterocycles. The topological polar surface area (TPSA) is 54.0 Å². The zero-order chi connectivity index (χ0) is 20.9. The number of rotatable bonds is 6.